The first-order valence-corrected chi connectivity index (χ1v) is 7.64. The van der Waals surface area contributed by atoms with E-state index in [1.807, 2.05) is 0 Å². The second-order valence-corrected chi connectivity index (χ2v) is 7.05. The third-order valence-corrected chi connectivity index (χ3v) is 5.16. The molecule has 2 fully saturated rings. The van der Waals surface area contributed by atoms with E-state index in [2.05, 4.69) is 24.5 Å². The Morgan fingerprint density at radius 2 is 1.80 bits per heavy atom. The van der Waals surface area contributed by atoms with Crippen molar-refractivity contribution in [2.75, 3.05) is 6.54 Å². The summed E-state index contributed by atoms with van der Waals surface area (Å²) in [5.41, 5.74) is -0.613. The highest BCUT2D eigenvalue weighted by Crippen LogP contribution is 2.38. The van der Waals surface area contributed by atoms with Crippen LogP contribution in [0.1, 0.15) is 58.8 Å². The Kier molecular flexibility index (Phi) is 4.25. The lowest BCUT2D eigenvalue weighted by Gasteiger charge is -2.29. The van der Waals surface area contributed by atoms with Gasteiger partial charge >= 0.3 is 12.0 Å². The Balaban J connectivity index is 1.84. The quantitative estimate of drug-likeness (QED) is 0.741. The molecule has 2 saturated carbocycles. The first-order chi connectivity index (χ1) is 9.36. The van der Waals surface area contributed by atoms with Crippen molar-refractivity contribution < 1.29 is 14.7 Å². The van der Waals surface area contributed by atoms with Gasteiger partial charge in [0, 0.05) is 12.6 Å². The monoisotopic (exact) mass is 282 g/mol. The summed E-state index contributed by atoms with van der Waals surface area (Å²) in [6.45, 7) is 4.57. The number of carbonyl (C=O) groups is 2. The van der Waals surface area contributed by atoms with Gasteiger partial charge in [0.15, 0.2) is 0 Å². The highest BCUT2D eigenvalue weighted by atomic mass is 16.4. The average molecular weight is 282 g/mol. The van der Waals surface area contributed by atoms with Crippen molar-refractivity contribution in [2.24, 2.45) is 10.8 Å². The first kappa shape index (κ1) is 15.1. The van der Waals surface area contributed by atoms with Gasteiger partial charge in [0.2, 0.25) is 0 Å². The van der Waals surface area contributed by atoms with Gasteiger partial charge in [-0.3, -0.25) is 4.79 Å². The van der Waals surface area contributed by atoms with Crippen LogP contribution in [-0.4, -0.2) is 29.7 Å². The van der Waals surface area contributed by atoms with Gasteiger partial charge in [-0.15, -0.1) is 0 Å². The highest BCUT2D eigenvalue weighted by Gasteiger charge is 2.42. The van der Waals surface area contributed by atoms with Gasteiger partial charge in [-0.1, -0.05) is 33.1 Å². The molecule has 0 aromatic carbocycles. The minimum Gasteiger partial charge on any atom is -0.481 e. The summed E-state index contributed by atoms with van der Waals surface area (Å²) in [7, 11) is 0. The van der Waals surface area contributed by atoms with Crippen LogP contribution in [0.2, 0.25) is 0 Å². The standard InChI is InChI=1S/C15H26N2O3/c1-14(2)7-5-6-11(14)17-13(20)16-10-15(12(18)19)8-3-4-9-15/h11H,3-10H2,1-2H3,(H,18,19)(H2,16,17,20). The fraction of sp³-hybridized carbons (Fsp3) is 0.867. The molecule has 0 aromatic heterocycles. The Morgan fingerprint density at radius 1 is 1.15 bits per heavy atom. The van der Waals surface area contributed by atoms with Crippen molar-refractivity contribution in [1.29, 1.82) is 0 Å². The van der Waals surface area contributed by atoms with Gasteiger partial charge in [-0.2, -0.15) is 0 Å². The number of hydrogen-bond acceptors (Lipinski definition) is 2. The summed E-state index contributed by atoms with van der Waals surface area (Å²) in [5.74, 6) is -0.781. The molecule has 20 heavy (non-hydrogen) atoms. The number of carboxylic acids is 1. The number of hydrogen-bond donors (Lipinski definition) is 3. The molecule has 3 N–H and O–H groups in total. The molecule has 0 heterocycles. The molecule has 1 unspecified atom stereocenters. The average Bonchev–Trinajstić information content (AvgIpc) is 2.95. The van der Waals surface area contributed by atoms with Gasteiger partial charge in [0.05, 0.1) is 5.41 Å². The lowest BCUT2D eigenvalue weighted by atomic mass is 9.86. The molecule has 5 nitrogen and oxygen atoms in total. The molecular formula is C15H26N2O3. The molecule has 2 aliphatic carbocycles. The van der Waals surface area contributed by atoms with E-state index >= 15 is 0 Å². The summed E-state index contributed by atoms with van der Waals surface area (Å²) in [5, 5.41) is 15.2. The van der Waals surface area contributed by atoms with Crippen LogP contribution in [0.25, 0.3) is 0 Å². The summed E-state index contributed by atoms with van der Waals surface area (Å²) < 4.78 is 0. The number of carboxylic acid groups (broad SMARTS) is 1. The van der Waals surface area contributed by atoms with Gasteiger partial charge < -0.3 is 15.7 Å². The SMILES string of the molecule is CC1(C)CCCC1NC(=O)NCC1(C(=O)O)CCCC1. The lowest BCUT2D eigenvalue weighted by Crippen LogP contribution is -2.50. The molecule has 0 spiro atoms. The lowest BCUT2D eigenvalue weighted by molar-refractivity contribution is -0.148. The molecule has 1 atom stereocenters. The Bertz CT molecular complexity index is 387. The Labute approximate surface area is 120 Å². The van der Waals surface area contributed by atoms with Gasteiger partial charge in [-0.25, -0.2) is 4.79 Å². The molecule has 2 aliphatic rings. The van der Waals surface area contributed by atoms with Gasteiger partial charge in [0.1, 0.15) is 0 Å². The zero-order valence-electron chi connectivity index (χ0n) is 12.5. The van der Waals surface area contributed by atoms with Crippen molar-refractivity contribution in [2.45, 2.75) is 64.8 Å². The fourth-order valence-electron chi connectivity index (χ4n) is 3.57. The topological polar surface area (TPSA) is 78.4 Å². The van der Waals surface area contributed by atoms with Crippen LogP contribution in [0.15, 0.2) is 0 Å². The number of nitrogens with one attached hydrogen (secondary N) is 2. The maximum absolute atomic E-state index is 12.0. The molecule has 2 amide bonds. The van der Waals surface area contributed by atoms with E-state index in [0.29, 0.717) is 12.8 Å². The van der Waals surface area contributed by atoms with Crippen LogP contribution in [0.3, 0.4) is 0 Å². The normalized spacial score (nSPS) is 27.2. The van der Waals surface area contributed by atoms with Gasteiger partial charge in [-0.05, 0) is 31.1 Å². The van der Waals surface area contributed by atoms with E-state index in [4.69, 9.17) is 0 Å². The largest absolute Gasteiger partial charge is 0.481 e. The number of rotatable bonds is 4. The van der Waals surface area contributed by atoms with Crippen molar-refractivity contribution in [1.82, 2.24) is 10.6 Å². The molecule has 5 heteroatoms. The fourth-order valence-corrected chi connectivity index (χ4v) is 3.57. The Hall–Kier alpha value is -1.26. The third kappa shape index (κ3) is 3.07. The van der Waals surface area contributed by atoms with E-state index in [9.17, 15) is 14.7 Å². The van der Waals surface area contributed by atoms with Crippen LogP contribution in [0, 0.1) is 10.8 Å². The zero-order chi connectivity index (χ0) is 14.8. The van der Waals surface area contributed by atoms with E-state index in [1.54, 1.807) is 0 Å². The minimum atomic E-state index is -0.781. The van der Waals surface area contributed by atoms with Crippen molar-refractivity contribution in [3.8, 4) is 0 Å². The van der Waals surface area contributed by atoms with E-state index in [1.165, 1.54) is 0 Å². The summed E-state index contributed by atoms with van der Waals surface area (Å²) >= 11 is 0. The molecule has 0 aromatic rings. The number of urea groups is 1. The van der Waals surface area contributed by atoms with Crippen molar-refractivity contribution in [3.05, 3.63) is 0 Å². The highest BCUT2D eigenvalue weighted by molar-refractivity contribution is 5.78. The van der Waals surface area contributed by atoms with E-state index in [-0.39, 0.29) is 24.0 Å². The van der Waals surface area contributed by atoms with Crippen LogP contribution < -0.4 is 10.6 Å². The maximum Gasteiger partial charge on any atom is 0.315 e. The second kappa shape index (κ2) is 5.62. The first-order valence-electron chi connectivity index (χ1n) is 7.64. The molecule has 0 saturated heterocycles. The van der Waals surface area contributed by atoms with E-state index < -0.39 is 11.4 Å². The molecular weight excluding hydrogens is 256 g/mol. The van der Waals surface area contributed by atoms with E-state index in [0.717, 1.165) is 32.1 Å². The zero-order valence-corrected chi connectivity index (χ0v) is 12.5. The van der Waals surface area contributed by atoms with Crippen LogP contribution in [-0.2, 0) is 4.79 Å². The van der Waals surface area contributed by atoms with Crippen LogP contribution in [0.5, 0.6) is 0 Å². The predicted molar refractivity (Wildman–Crippen MR) is 76.5 cm³/mol. The summed E-state index contributed by atoms with van der Waals surface area (Å²) in [6.07, 6.45) is 6.46. The predicted octanol–water partition coefficient (Wildman–Crippen LogP) is 2.51. The number of amides is 2. The Morgan fingerprint density at radius 3 is 2.30 bits per heavy atom. The molecule has 114 valence electrons. The minimum absolute atomic E-state index is 0.134. The maximum atomic E-state index is 12.0. The second-order valence-electron chi connectivity index (χ2n) is 7.05. The van der Waals surface area contributed by atoms with Crippen molar-refractivity contribution >= 4 is 12.0 Å². The smallest absolute Gasteiger partial charge is 0.315 e. The number of carbonyl (C=O) groups excluding carboxylic acids is 1. The van der Waals surface area contributed by atoms with Crippen LogP contribution in [0.4, 0.5) is 4.79 Å². The molecule has 0 aliphatic heterocycles. The summed E-state index contributed by atoms with van der Waals surface area (Å²) in [6, 6.07) is -0.0376. The third-order valence-electron chi connectivity index (χ3n) is 5.16. The van der Waals surface area contributed by atoms with Gasteiger partial charge in [0.25, 0.3) is 0 Å². The summed E-state index contributed by atoms with van der Waals surface area (Å²) in [4.78, 5) is 23.4. The molecule has 0 radical (unpaired) electrons. The van der Waals surface area contributed by atoms with Crippen LogP contribution >= 0.6 is 0 Å². The molecule has 2 rings (SSSR count). The number of aliphatic carboxylic acids is 1. The molecule has 0 bridgehead atoms. The van der Waals surface area contributed by atoms with Crippen molar-refractivity contribution in [3.63, 3.8) is 0 Å².